The highest BCUT2D eigenvalue weighted by atomic mass is 35.5. The largest absolute Gasteiger partial charge is 0.497 e. The number of methoxy groups -OCH3 is 1. The molecule has 0 amide bonds. The summed E-state index contributed by atoms with van der Waals surface area (Å²) in [6.07, 6.45) is -0.386. The fraction of sp³-hybridized carbons (Fsp3) is 0.350. The average Bonchev–Trinajstić information content (AvgIpc) is 3.52. The van der Waals surface area contributed by atoms with Gasteiger partial charge in [0.25, 0.3) is 6.43 Å². The number of benzene rings is 2. The number of nitrogens with two attached hydrogens (primary N) is 1. The number of halogens is 3. The zero-order chi connectivity index (χ0) is 21.0. The van der Waals surface area contributed by atoms with Gasteiger partial charge in [-0.1, -0.05) is 23.7 Å². The lowest BCUT2D eigenvalue weighted by atomic mass is 10.1. The van der Waals surface area contributed by atoms with Crippen molar-refractivity contribution in [2.24, 2.45) is 0 Å². The number of amidine groups is 1. The number of rotatable bonds is 9. The predicted octanol–water partition coefficient (Wildman–Crippen LogP) is 5.25. The maximum atomic E-state index is 12.8. The molecule has 2 aromatic carbocycles. The van der Waals surface area contributed by atoms with Gasteiger partial charge < -0.3 is 15.8 Å². The van der Waals surface area contributed by atoms with Crippen molar-refractivity contribution in [1.29, 1.82) is 5.41 Å². The van der Waals surface area contributed by atoms with Gasteiger partial charge in [0.05, 0.1) is 42.2 Å². The van der Waals surface area contributed by atoms with Gasteiger partial charge >= 0.3 is 0 Å². The lowest BCUT2D eigenvalue weighted by Crippen LogP contribution is -2.27. The van der Waals surface area contributed by atoms with Gasteiger partial charge in [-0.25, -0.2) is 8.78 Å². The third-order valence-corrected chi connectivity index (χ3v) is 6.04. The minimum atomic E-state index is -2.55. The van der Waals surface area contributed by atoms with Crippen LogP contribution in [-0.2, 0) is 6.54 Å². The lowest BCUT2D eigenvalue weighted by Gasteiger charge is -2.27. The summed E-state index contributed by atoms with van der Waals surface area (Å²) in [4.78, 5) is 0. The van der Waals surface area contributed by atoms with Crippen molar-refractivity contribution in [3.05, 3.63) is 52.5 Å². The molecular weight excluding hydrogens is 418 g/mol. The Labute approximate surface area is 178 Å². The smallest absolute Gasteiger partial charge is 0.255 e. The van der Waals surface area contributed by atoms with Crippen LogP contribution in [0.4, 0.5) is 20.2 Å². The van der Waals surface area contributed by atoms with Crippen molar-refractivity contribution in [1.82, 2.24) is 4.31 Å². The molecule has 2 aromatic rings. The van der Waals surface area contributed by atoms with E-state index in [2.05, 4.69) is 5.32 Å². The van der Waals surface area contributed by atoms with Crippen LogP contribution in [0.1, 0.15) is 24.0 Å². The Morgan fingerprint density at radius 1 is 1.31 bits per heavy atom. The summed E-state index contributed by atoms with van der Waals surface area (Å²) in [5, 5.41) is 12.2. The third kappa shape index (κ3) is 5.67. The Morgan fingerprint density at radius 2 is 2.00 bits per heavy atom. The van der Waals surface area contributed by atoms with Crippen molar-refractivity contribution in [3.8, 4) is 5.75 Å². The molecule has 1 aliphatic rings. The average molecular weight is 441 g/mol. The number of ether oxygens (including phenoxy) is 1. The van der Waals surface area contributed by atoms with Crippen LogP contribution in [-0.4, -0.2) is 35.5 Å². The number of anilines is 2. The van der Waals surface area contributed by atoms with E-state index in [0.717, 1.165) is 24.2 Å². The summed E-state index contributed by atoms with van der Waals surface area (Å²) in [6.45, 7) is -0.109. The summed E-state index contributed by atoms with van der Waals surface area (Å²) in [7, 11) is 1.61. The second kappa shape index (κ2) is 9.54. The van der Waals surface area contributed by atoms with Crippen molar-refractivity contribution in [2.45, 2.75) is 31.1 Å². The van der Waals surface area contributed by atoms with Crippen molar-refractivity contribution < 1.29 is 13.5 Å². The van der Waals surface area contributed by atoms with Crippen LogP contribution in [0.3, 0.4) is 0 Å². The maximum Gasteiger partial charge on any atom is 0.255 e. The molecule has 156 valence electrons. The lowest BCUT2D eigenvalue weighted by molar-refractivity contribution is 0.163. The van der Waals surface area contributed by atoms with Crippen LogP contribution in [0.25, 0.3) is 0 Å². The quantitative estimate of drug-likeness (QED) is 0.215. The number of hydrogen-bond acceptors (Lipinski definition) is 5. The van der Waals surface area contributed by atoms with Crippen molar-refractivity contribution in [2.75, 3.05) is 24.7 Å². The molecule has 4 N–H and O–H groups in total. The van der Waals surface area contributed by atoms with Crippen LogP contribution in [0, 0.1) is 5.41 Å². The van der Waals surface area contributed by atoms with E-state index in [1.165, 1.54) is 0 Å². The predicted molar refractivity (Wildman–Crippen MR) is 116 cm³/mol. The number of nitrogens with one attached hydrogen (secondary N) is 2. The van der Waals surface area contributed by atoms with Crippen LogP contribution in [0.15, 0.2) is 36.4 Å². The third-order valence-electron chi connectivity index (χ3n) is 4.39. The Kier molecular flexibility index (Phi) is 7.08. The number of hydrogen-bond donors (Lipinski definition) is 3. The standard InChI is InChI=1S/C20H23ClF2N4OS/c1-28-13-4-2-12(3-5-13)11-27(29-14-6-7-14)20(25)18-15(21)8-9-16(24)19(18)26-10-17(22)23/h2-5,8-9,14,17,25-26H,6-7,10-11,24H2,1H3. The van der Waals surface area contributed by atoms with Crippen LogP contribution < -0.4 is 15.8 Å². The zero-order valence-corrected chi connectivity index (χ0v) is 17.5. The van der Waals surface area contributed by atoms with Gasteiger partial charge in [0, 0.05) is 5.25 Å². The first kappa shape index (κ1) is 21.5. The van der Waals surface area contributed by atoms with E-state index < -0.39 is 13.0 Å². The topological polar surface area (TPSA) is 74.4 Å². The van der Waals surface area contributed by atoms with Crippen LogP contribution >= 0.6 is 23.5 Å². The van der Waals surface area contributed by atoms with Crippen LogP contribution in [0.2, 0.25) is 5.02 Å². The van der Waals surface area contributed by atoms with Gasteiger partial charge in [0.1, 0.15) is 11.6 Å². The maximum absolute atomic E-state index is 12.8. The molecule has 0 atom stereocenters. The molecular formula is C20H23ClF2N4OS. The van der Waals surface area contributed by atoms with Gasteiger partial charge in [-0.15, -0.1) is 0 Å². The number of nitrogens with zero attached hydrogens (tertiary/aromatic N) is 1. The van der Waals surface area contributed by atoms with Gasteiger partial charge in [0.15, 0.2) is 0 Å². The van der Waals surface area contributed by atoms with E-state index in [-0.39, 0.29) is 22.2 Å². The van der Waals surface area contributed by atoms with E-state index in [0.29, 0.717) is 17.4 Å². The summed E-state index contributed by atoms with van der Waals surface area (Å²) in [6, 6.07) is 10.7. The molecule has 1 aliphatic carbocycles. The summed E-state index contributed by atoms with van der Waals surface area (Å²) >= 11 is 7.94. The van der Waals surface area contributed by atoms with Gasteiger partial charge in [-0.2, -0.15) is 0 Å². The van der Waals surface area contributed by atoms with E-state index in [9.17, 15) is 8.78 Å². The van der Waals surface area contributed by atoms with Gasteiger partial charge in [-0.3, -0.25) is 9.71 Å². The first-order valence-electron chi connectivity index (χ1n) is 9.15. The Balaban J connectivity index is 1.89. The first-order chi connectivity index (χ1) is 13.9. The highest BCUT2D eigenvalue weighted by molar-refractivity contribution is 7.98. The first-order valence-corrected chi connectivity index (χ1v) is 10.4. The Hall–Kier alpha value is -2.19. The van der Waals surface area contributed by atoms with Crippen molar-refractivity contribution in [3.63, 3.8) is 0 Å². The summed E-state index contributed by atoms with van der Waals surface area (Å²) in [5.41, 5.74) is 7.87. The van der Waals surface area contributed by atoms with Crippen LogP contribution in [0.5, 0.6) is 5.75 Å². The molecule has 29 heavy (non-hydrogen) atoms. The molecule has 0 radical (unpaired) electrons. The van der Waals surface area contributed by atoms with E-state index in [4.69, 9.17) is 27.5 Å². The Bertz CT molecular complexity index is 862. The highest BCUT2D eigenvalue weighted by Crippen LogP contribution is 2.40. The zero-order valence-electron chi connectivity index (χ0n) is 15.9. The van der Waals surface area contributed by atoms with E-state index >= 15 is 0 Å². The molecule has 1 saturated carbocycles. The van der Waals surface area contributed by atoms with Crippen molar-refractivity contribution >= 4 is 40.8 Å². The fourth-order valence-electron chi connectivity index (χ4n) is 2.74. The molecule has 3 rings (SSSR count). The number of nitrogen functional groups attached to an aromatic ring is 1. The second-order valence-electron chi connectivity index (χ2n) is 6.70. The molecule has 1 fully saturated rings. The summed E-state index contributed by atoms with van der Waals surface area (Å²) < 4.78 is 32.6. The molecule has 0 saturated heterocycles. The molecule has 0 aromatic heterocycles. The van der Waals surface area contributed by atoms with Gasteiger partial charge in [0.2, 0.25) is 0 Å². The minimum Gasteiger partial charge on any atom is -0.497 e. The SMILES string of the molecule is COc1ccc(CN(SC2CC2)C(=N)c2c(Cl)ccc(N)c2NCC(F)F)cc1. The highest BCUT2D eigenvalue weighted by Gasteiger charge is 2.29. The molecule has 0 spiro atoms. The fourth-order valence-corrected chi connectivity index (χ4v) is 4.11. The molecule has 0 aliphatic heterocycles. The molecule has 5 nitrogen and oxygen atoms in total. The normalized spacial score (nSPS) is 13.4. The van der Waals surface area contributed by atoms with Gasteiger partial charge in [-0.05, 0) is 54.6 Å². The Morgan fingerprint density at radius 3 is 2.59 bits per heavy atom. The molecule has 0 bridgehead atoms. The van der Waals surface area contributed by atoms with E-state index in [1.54, 1.807) is 31.2 Å². The molecule has 9 heteroatoms. The minimum absolute atomic E-state index is 0.131. The summed E-state index contributed by atoms with van der Waals surface area (Å²) in [5.74, 6) is 0.884. The van der Waals surface area contributed by atoms with E-state index in [1.807, 2.05) is 28.6 Å². The second-order valence-corrected chi connectivity index (χ2v) is 8.42. The molecule has 0 heterocycles. The monoisotopic (exact) mass is 440 g/mol. The molecule has 0 unspecified atom stereocenters. The number of alkyl halides is 2.